The zero-order chi connectivity index (χ0) is 19.4. The molecule has 0 fully saturated rings. The first-order chi connectivity index (χ1) is 13.6. The Bertz CT molecular complexity index is 1050. The van der Waals surface area contributed by atoms with Crippen LogP contribution in [0.25, 0.3) is 10.2 Å². The van der Waals surface area contributed by atoms with Gasteiger partial charge >= 0.3 is 0 Å². The molecule has 0 saturated carbocycles. The number of benzene rings is 2. The van der Waals surface area contributed by atoms with E-state index in [0.29, 0.717) is 13.0 Å². The molecular weight excluding hydrogens is 366 g/mol. The van der Waals surface area contributed by atoms with Crippen molar-refractivity contribution in [2.75, 3.05) is 0 Å². The van der Waals surface area contributed by atoms with E-state index in [9.17, 15) is 4.79 Å². The summed E-state index contributed by atoms with van der Waals surface area (Å²) in [5.41, 5.74) is 2.08. The second-order valence-corrected chi connectivity index (χ2v) is 8.07. The van der Waals surface area contributed by atoms with Gasteiger partial charge in [-0.05, 0) is 36.8 Å². The van der Waals surface area contributed by atoms with Crippen LogP contribution in [0.4, 0.5) is 0 Å². The number of thiazole rings is 1. The molecule has 0 aliphatic heterocycles. The van der Waals surface area contributed by atoms with Crippen molar-refractivity contribution in [2.45, 2.75) is 25.3 Å². The number of aromatic nitrogens is 2. The van der Waals surface area contributed by atoms with E-state index >= 15 is 0 Å². The van der Waals surface area contributed by atoms with Gasteiger partial charge in [0.05, 0.1) is 32.9 Å². The van der Waals surface area contributed by atoms with Gasteiger partial charge in [-0.2, -0.15) is 0 Å². The summed E-state index contributed by atoms with van der Waals surface area (Å²) in [5.74, 6) is -0.0244. The summed E-state index contributed by atoms with van der Waals surface area (Å²) in [4.78, 5) is 22.3. The fourth-order valence-corrected chi connectivity index (χ4v) is 4.41. The largest absolute Gasteiger partial charge is 0.350 e. The number of carbonyl (C=O) groups excluding carboxylic acids is 1. The molecule has 1 unspecified atom stereocenters. The molecule has 140 valence electrons. The molecule has 4 nitrogen and oxygen atoms in total. The second kappa shape index (κ2) is 7.90. The third-order valence-electron chi connectivity index (χ3n) is 4.91. The standard InChI is InChI=1S/C23H21N3OS/c1-23(17-9-3-2-4-10-17,22(27)25-16-18-11-7-8-14-24-18)15-21-26-19-12-5-6-13-20(19)28-21/h2-14H,15-16H2,1H3,(H,25,27). The first-order valence-electron chi connectivity index (χ1n) is 9.23. The monoisotopic (exact) mass is 387 g/mol. The summed E-state index contributed by atoms with van der Waals surface area (Å²) in [6.45, 7) is 2.39. The molecule has 1 atom stereocenters. The summed E-state index contributed by atoms with van der Waals surface area (Å²) < 4.78 is 1.14. The molecule has 28 heavy (non-hydrogen) atoms. The van der Waals surface area contributed by atoms with Crippen molar-refractivity contribution in [1.29, 1.82) is 0 Å². The highest BCUT2D eigenvalue weighted by Crippen LogP contribution is 2.32. The first kappa shape index (κ1) is 18.3. The van der Waals surface area contributed by atoms with Crippen LogP contribution >= 0.6 is 11.3 Å². The third-order valence-corrected chi connectivity index (χ3v) is 5.95. The molecule has 4 rings (SSSR count). The lowest BCUT2D eigenvalue weighted by atomic mass is 9.78. The highest BCUT2D eigenvalue weighted by molar-refractivity contribution is 7.18. The van der Waals surface area contributed by atoms with Gasteiger partial charge in [0.1, 0.15) is 0 Å². The van der Waals surface area contributed by atoms with Gasteiger partial charge in [-0.25, -0.2) is 4.98 Å². The van der Waals surface area contributed by atoms with Gasteiger partial charge in [0.25, 0.3) is 0 Å². The summed E-state index contributed by atoms with van der Waals surface area (Å²) in [6, 6.07) is 23.7. The SMILES string of the molecule is CC(Cc1nc2ccccc2s1)(C(=O)NCc1ccccn1)c1ccccc1. The number of hydrogen-bond acceptors (Lipinski definition) is 4. The van der Waals surface area contributed by atoms with Crippen LogP contribution in [-0.2, 0) is 23.2 Å². The molecule has 4 aromatic rings. The van der Waals surface area contributed by atoms with Crippen LogP contribution in [0.2, 0.25) is 0 Å². The maximum atomic E-state index is 13.3. The number of hydrogen-bond donors (Lipinski definition) is 1. The number of nitrogens with one attached hydrogen (secondary N) is 1. The van der Waals surface area contributed by atoms with E-state index < -0.39 is 5.41 Å². The number of nitrogens with zero attached hydrogens (tertiary/aromatic N) is 2. The third kappa shape index (κ3) is 3.80. The van der Waals surface area contributed by atoms with Gasteiger partial charge in [0.15, 0.2) is 0 Å². The molecule has 2 aromatic heterocycles. The van der Waals surface area contributed by atoms with Crippen molar-refractivity contribution in [2.24, 2.45) is 0 Å². The van der Waals surface area contributed by atoms with Gasteiger partial charge in [0.2, 0.25) is 5.91 Å². The van der Waals surface area contributed by atoms with E-state index in [1.165, 1.54) is 0 Å². The normalized spacial score (nSPS) is 13.2. The van der Waals surface area contributed by atoms with Crippen LogP contribution in [-0.4, -0.2) is 15.9 Å². The fourth-order valence-electron chi connectivity index (χ4n) is 3.29. The Morgan fingerprint density at radius 3 is 2.50 bits per heavy atom. The molecule has 5 heteroatoms. The number of pyridine rings is 1. The van der Waals surface area contributed by atoms with Crippen molar-refractivity contribution in [3.8, 4) is 0 Å². The number of carbonyl (C=O) groups is 1. The average molecular weight is 388 g/mol. The van der Waals surface area contributed by atoms with E-state index in [1.807, 2.05) is 73.7 Å². The first-order valence-corrected chi connectivity index (χ1v) is 10.0. The van der Waals surface area contributed by atoms with E-state index in [-0.39, 0.29) is 5.91 Å². The van der Waals surface area contributed by atoms with E-state index in [2.05, 4.69) is 16.4 Å². The molecule has 0 aliphatic carbocycles. The number of amides is 1. The summed E-state index contributed by atoms with van der Waals surface area (Å²) in [6.07, 6.45) is 2.28. The number of para-hydroxylation sites is 1. The Morgan fingerprint density at radius 2 is 1.75 bits per heavy atom. The van der Waals surface area contributed by atoms with E-state index in [0.717, 1.165) is 26.5 Å². The lowest BCUT2D eigenvalue weighted by Gasteiger charge is -2.28. The smallest absolute Gasteiger partial charge is 0.231 e. The van der Waals surface area contributed by atoms with Crippen molar-refractivity contribution < 1.29 is 4.79 Å². The molecule has 0 bridgehead atoms. The van der Waals surface area contributed by atoms with Gasteiger partial charge in [-0.3, -0.25) is 9.78 Å². The number of rotatable bonds is 6. The maximum Gasteiger partial charge on any atom is 0.231 e. The minimum absolute atomic E-state index is 0.0244. The van der Waals surface area contributed by atoms with Gasteiger partial charge < -0.3 is 5.32 Å². The van der Waals surface area contributed by atoms with Crippen LogP contribution in [0, 0.1) is 0 Å². The molecule has 0 aliphatic rings. The van der Waals surface area contributed by atoms with Gasteiger partial charge in [-0.15, -0.1) is 11.3 Å². The highest BCUT2D eigenvalue weighted by atomic mass is 32.1. The molecule has 1 N–H and O–H groups in total. The Morgan fingerprint density at radius 1 is 1.00 bits per heavy atom. The minimum Gasteiger partial charge on any atom is -0.350 e. The molecule has 1 amide bonds. The van der Waals surface area contributed by atoms with Crippen LogP contribution in [0.15, 0.2) is 79.0 Å². The van der Waals surface area contributed by atoms with E-state index in [4.69, 9.17) is 4.98 Å². The molecular formula is C23H21N3OS. The zero-order valence-electron chi connectivity index (χ0n) is 15.6. The Hall–Kier alpha value is -3.05. The van der Waals surface area contributed by atoms with Crippen LogP contribution in [0.3, 0.4) is 0 Å². The zero-order valence-corrected chi connectivity index (χ0v) is 16.4. The maximum absolute atomic E-state index is 13.3. The summed E-state index contributed by atoms with van der Waals surface area (Å²) in [7, 11) is 0. The molecule has 0 spiro atoms. The molecule has 0 saturated heterocycles. The van der Waals surface area contributed by atoms with E-state index in [1.54, 1.807) is 17.5 Å². The Balaban J connectivity index is 1.63. The van der Waals surface area contributed by atoms with Crippen LogP contribution < -0.4 is 5.32 Å². The van der Waals surface area contributed by atoms with Crippen LogP contribution in [0.1, 0.15) is 23.2 Å². The predicted molar refractivity (Wildman–Crippen MR) is 113 cm³/mol. The summed E-state index contributed by atoms with van der Waals surface area (Å²) in [5, 5.41) is 4.03. The topological polar surface area (TPSA) is 54.9 Å². The molecule has 0 radical (unpaired) electrons. The molecule has 2 heterocycles. The van der Waals surface area contributed by atoms with Gasteiger partial charge in [-0.1, -0.05) is 48.5 Å². The quantitative estimate of drug-likeness (QED) is 0.530. The average Bonchev–Trinajstić information content (AvgIpc) is 3.15. The lowest BCUT2D eigenvalue weighted by molar-refractivity contribution is -0.126. The molecule has 2 aromatic carbocycles. The Labute approximate surface area is 168 Å². The number of fused-ring (bicyclic) bond motifs is 1. The highest BCUT2D eigenvalue weighted by Gasteiger charge is 2.36. The van der Waals surface area contributed by atoms with Crippen molar-refractivity contribution in [1.82, 2.24) is 15.3 Å². The lowest BCUT2D eigenvalue weighted by Crippen LogP contribution is -2.43. The van der Waals surface area contributed by atoms with Crippen molar-refractivity contribution in [3.63, 3.8) is 0 Å². The van der Waals surface area contributed by atoms with Crippen molar-refractivity contribution >= 4 is 27.5 Å². The summed E-state index contributed by atoms with van der Waals surface area (Å²) >= 11 is 1.65. The van der Waals surface area contributed by atoms with Crippen molar-refractivity contribution in [3.05, 3.63) is 95.3 Å². The second-order valence-electron chi connectivity index (χ2n) is 6.95. The Kier molecular flexibility index (Phi) is 5.17. The predicted octanol–water partition coefficient (Wildman–Crippen LogP) is 4.51. The van der Waals surface area contributed by atoms with Gasteiger partial charge in [0, 0.05) is 12.6 Å². The van der Waals surface area contributed by atoms with Crippen LogP contribution in [0.5, 0.6) is 0 Å². The fraction of sp³-hybridized carbons (Fsp3) is 0.174. The minimum atomic E-state index is -0.718.